The normalized spacial score (nSPS) is 12.8. The lowest BCUT2D eigenvalue weighted by Crippen LogP contribution is -1.81. The van der Waals surface area contributed by atoms with Gasteiger partial charge in [-0.3, -0.25) is 0 Å². The van der Waals surface area contributed by atoms with Crippen LogP contribution in [-0.4, -0.2) is 4.98 Å². The molecule has 0 N–H and O–H groups in total. The molecule has 0 amide bonds. The molecule has 0 aliphatic rings. The summed E-state index contributed by atoms with van der Waals surface area (Å²) < 4.78 is 5.52. The van der Waals surface area contributed by atoms with Crippen molar-refractivity contribution >= 4 is 23.2 Å². The van der Waals surface area contributed by atoms with Crippen LogP contribution in [-0.2, 0) is 0 Å². The first-order valence-corrected chi connectivity index (χ1v) is 5.75. The molecule has 0 aliphatic heterocycles. The van der Waals surface area contributed by atoms with Crippen molar-refractivity contribution in [3.63, 3.8) is 0 Å². The number of rotatable bonds is 2. The number of benzene rings is 1. The summed E-state index contributed by atoms with van der Waals surface area (Å²) >= 11 is 12.0. The standard InChI is InChI=1S/C12H11Cl2NO/c1-7-3-4-9(10(14)5-7)11-6-15-12(16-11)8(2)13/h3-6,8H,1-2H3. The van der Waals surface area contributed by atoms with E-state index in [0.29, 0.717) is 16.7 Å². The molecule has 0 fully saturated rings. The maximum Gasteiger partial charge on any atom is 0.212 e. The number of oxazole rings is 1. The summed E-state index contributed by atoms with van der Waals surface area (Å²) in [5.74, 6) is 1.15. The second-order valence-corrected chi connectivity index (χ2v) is 4.72. The SMILES string of the molecule is Cc1ccc(-c2cnc(C(C)Cl)o2)c(Cl)c1. The first-order valence-electron chi connectivity index (χ1n) is 4.94. The summed E-state index contributed by atoms with van der Waals surface area (Å²) in [6.07, 6.45) is 1.64. The van der Waals surface area contributed by atoms with Crippen molar-refractivity contribution in [1.82, 2.24) is 4.98 Å². The molecule has 2 rings (SSSR count). The van der Waals surface area contributed by atoms with Crippen molar-refractivity contribution in [1.29, 1.82) is 0 Å². The smallest absolute Gasteiger partial charge is 0.212 e. The van der Waals surface area contributed by atoms with Gasteiger partial charge >= 0.3 is 0 Å². The highest BCUT2D eigenvalue weighted by molar-refractivity contribution is 6.33. The second-order valence-electron chi connectivity index (χ2n) is 3.66. The van der Waals surface area contributed by atoms with Crippen LogP contribution < -0.4 is 0 Å². The minimum Gasteiger partial charge on any atom is -0.439 e. The van der Waals surface area contributed by atoms with Crippen LogP contribution in [0.2, 0.25) is 5.02 Å². The van der Waals surface area contributed by atoms with E-state index in [9.17, 15) is 0 Å². The largest absolute Gasteiger partial charge is 0.439 e. The summed E-state index contributed by atoms with van der Waals surface area (Å²) in [6.45, 7) is 3.80. The van der Waals surface area contributed by atoms with Crippen LogP contribution in [0.3, 0.4) is 0 Å². The van der Waals surface area contributed by atoms with Gasteiger partial charge in [-0.1, -0.05) is 17.7 Å². The molecule has 1 atom stereocenters. The quantitative estimate of drug-likeness (QED) is 0.733. The molecule has 84 valence electrons. The lowest BCUT2D eigenvalue weighted by atomic mass is 10.1. The third kappa shape index (κ3) is 2.23. The molecule has 0 bridgehead atoms. The summed E-state index contributed by atoms with van der Waals surface area (Å²) in [5.41, 5.74) is 1.95. The topological polar surface area (TPSA) is 26.0 Å². The van der Waals surface area contributed by atoms with Gasteiger partial charge in [0.15, 0.2) is 5.76 Å². The van der Waals surface area contributed by atoms with Crippen LogP contribution >= 0.6 is 23.2 Å². The number of hydrogen-bond acceptors (Lipinski definition) is 2. The van der Waals surface area contributed by atoms with Crippen molar-refractivity contribution in [2.45, 2.75) is 19.2 Å². The van der Waals surface area contributed by atoms with Gasteiger partial charge in [0.25, 0.3) is 0 Å². The molecule has 1 aromatic heterocycles. The zero-order chi connectivity index (χ0) is 11.7. The fourth-order valence-corrected chi connectivity index (χ4v) is 1.85. The predicted molar refractivity (Wildman–Crippen MR) is 66.0 cm³/mol. The molecule has 0 aliphatic carbocycles. The van der Waals surface area contributed by atoms with Gasteiger partial charge in [0.1, 0.15) is 5.38 Å². The Balaban J connectivity index is 2.42. The van der Waals surface area contributed by atoms with Crippen molar-refractivity contribution in [3.05, 3.63) is 40.9 Å². The van der Waals surface area contributed by atoms with Crippen molar-refractivity contribution < 1.29 is 4.42 Å². The van der Waals surface area contributed by atoms with Gasteiger partial charge in [0.05, 0.1) is 11.2 Å². The predicted octanol–water partition coefficient (Wildman–Crippen LogP) is 4.60. The molecule has 0 saturated heterocycles. The van der Waals surface area contributed by atoms with Gasteiger partial charge in [-0.25, -0.2) is 4.98 Å². The third-order valence-electron chi connectivity index (χ3n) is 2.25. The monoisotopic (exact) mass is 255 g/mol. The lowest BCUT2D eigenvalue weighted by Gasteiger charge is -2.01. The van der Waals surface area contributed by atoms with E-state index in [4.69, 9.17) is 27.6 Å². The van der Waals surface area contributed by atoms with Crippen molar-refractivity contribution in [2.75, 3.05) is 0 Å². The van der Waals surface area contributed by atoms with E-state index < -0.39 is 0 Å². The first-order chi connectivity index (χ1) is 7.58. The Morgan fingerprint density at radius 2 is 2.12 bits per heavy atom. The minimum atomic E-state index is -0.238. The molecule has 2 aromatic rings. The maximum absolute atomic E-state index is 6.13. The number of halogens is 2. The van der Waals surface area contributed by atoms with Gasteiger partial charge in [0, 0.05) is 5.56 Å². The van der Waals surface area contributed by atoms with E-state index in [0.717, 1.165) is 11.1 Å². The molecule has 0 saturated carbocycles. The van der Waals surface area contributed by atoms with Crippen LogP contribution in [0, 0.1) is 6.92 Å². The number of aromatic nitrogens is 1. The van der Waals surface area contributed by atoms with E-state index in [2.05, 4.69) is 4.98 Å². The number of hydrogen-bond donors (Lipinski definition) is 0. The van der Waals surface area contributed by atoms with Crippen LogP contribution in [0.5, 0.6) is 0 Å². The molecule has 1 heterocycles. The van der Waals surface area contributed by atoms with E-state index in [1.54, 1.807) is 6.20 Å². The molecule has 1 unspecified atom stereocenters. The van der Waals surface area contributed by atoms with Crippen LogP contribution in [0.1, 0.15) is 23.8 Å². The highest BCUT2D eigenvalue weighted by atomic mass is 35.5. The highest BCUT2D eigenvalue weighted by Gasteiger charge is 2.12. The average molecular weight is 256 g/mol. The van der Waals surface area contributed by atoms with E-state index >= 15 is 0 Å². The van der Waals surface area contributed by atoms with Crippen LogP contribution in [0.4, 0.5) is 0 Å². The summed E-state index contributed by atoms with van der Waals surface area (Å²) in [7, 11) is 0. The Hall–Kier alpha value is -0.990. The summed E-state index contributed by atoms with van der Waals surface area (Å²) in [6, 6.07) is 5.79. The summed E-state index contributed by atoms with van der Waals surface area (Å²) in [5, 5.41) is 0.419. The third-order valence-corrected chi connectivity index (χ3v) is 2.75. The Morgan fingerprint density at radius 3 is 2.69 bits per heavy atom. The fraction of sp³-hybridized carbons (Fsp3) is 0.250. The molecular formula is C12H11Cl2NO. The molecule has 0 radical (unpaired) electrons. The number of alkyl halides is 1. The van der Waals surface area contributed by atoms with E-state index in [1.807, 2.05) is 32.0 Å². The Bertz CT molecular complexity index is 505. The first kappa shape index (κ1) is 11.5. The number of nitrogens with zero attached hydrogens (tertiary/aromatic N) is 1. The minimum absolute atomic E-state index is 0.238. The van der Waals surface area contributed by atoms with Gasteiger partial charge < -0.3 is 4.42 Å². The van der Waals surface area contributed by atoms with Crippen molar-refractivity contribution in [2.24, 2.45) is 0 Å². The van der Waals surface area contributed by atoms with E-state index in [1.165, 1.54) is 0 Å². The lowest BCUT2D eigenvalue weighted by molar-refractivity contribution is 0.508. The molecule has 0 spiro atoms. The zero-order valence-corrected chi connectivity index (χ0v) is 10.5. The van der Waals surface area contributed by atoms with Gasteiger partial charge in [-0.2, -0.15) is 0 Å². The van der Waals surface area contributed by atoms with E-state index in [-0.39, 0.29) is 5.38 Å². The maximum atomic E-state index is 6.13. The molecule has 2 nitrogen and oxygen atoms in total. The molecule has 4 heteroatoms. The Kier molecular flexibility index (Phi) is 3.22. The van der Waals surface area contributed by atoms with Gasteiger partial charge in [0.2, 0.25) is 5.89 Å². The number of aryl methyl sites for hydroxylation is 1. The van der Waals surface area contributed by atoms with Crippen LogP contribution in [0.25, 0.3) is 11.3 Å². The van der Waals surface area contributed by atoms with Crippen molar-refractivity contribution in [3.8, 4) is 11.3 Å². The molecular weight excluding hydrogens is 245 g/mol. The summed E-state index contributed by atoms with van der Waals surface area (Å²) in [4.78, 5) is 4.10. The molecule has 1 aromatic carbocycles. The Labute approximate surface area is 104 Å². The Morgan fingerprint density at radius 1 is 1.38 bits per heavy atom. The van der Waals surface area contributed by atoms with Gasteiger partial charge in [-0.15, -0.1) is 11.6 Å². The molecule has 16 heavy (non-hydrogen) atoms. The zero-order valence-electron chi connectivity index (χ0n) is 9.00. The highest BCUT2D eigenvalue weighted by Crippen LogP contribution is 2.31. The second kappa shape index (κ2) is 4.48. The van der Waals surface area contributed by atoms with Crippen LogP contribution in [0.15, 0.2) is 28.8 Å². The fourth-order valence-electron chi connectivity index (χ4n) is 1.42. The average Bonchev–Trinajstić information content (AvgIpc) is 2.66. The van der Waals surface area contributed by atoms with Gasteiger partial charge in [-0.05, 0) is 31.5 Å².